The van der Waals surface area contributed by atoms with Crippen LogP contribution in [0, 0.1) is 0 Å². The molecule has 0 atom stereocenters. The smallest absolute Gasteiger partial charge is 0.266 e. The van der Waals surface area contributed by atoms with Crippen LogP contribution in [0.3, 0.4) is 0 Å². The molecule has 3 nitrogen and oxygen atoms in total. The Bertz CT molecular complexity index is 366. The molecule has 2 rings (SSSR count). The molecule has 1 aromatic rings. The van der Waals surface area contributed by atoms with Crippen molar-refractivity contribution in [1.29, 1.82) is 0 Å². The molecule has 1 fully saturated rings. The van der Waals surface area contributed by atoms with Crippen molar-refractivity contribution < 1.29 is 8.78 Å². The van der Waals surface area contributed by atoms with Crippen molar-refractivity contribution in [3.05, 3.63) is 28.7 Å². The first-order valence-corrected chi connectivity index (χ1v) is 4.00. The zero-order valence-corrected chi connectivity index (χ0v) is 6.78. The summed E-state index contributed by atoms with van der Waals surface area (Å²) < 4.78 is 26.0. The average Bonchev–Trinajstić information content (AvgIpc) is 2.01. The second-order valence-corrected chi connectivity index (χ2v) is 3.22. The van der Waals surface area contributed by atoms with Gasteiger partial charge in [0.2, 0.25) is 0 Å². The molecular weight excluding hydrogens is 178 g/mol. The fourth-order valence-corrected chi connectivity index (χ4v) is 1.45. The molecule has 1 aromatic heterocycles. The lowest BCUT2D eigenvalue weighted by molar-refractivity contribution is -0.108. The molecule has 1 saturated carbocycles. The first-order valence-electron chi connectivity index (χ1n) is 4.00. The van der Waals surface area contributed by atoms with Crippen molar-refractivity contribution in [1.82, 2.24) is 9.78 Å². The minimum absolute atomic E-state index is 0.274. The minimum atomic E-state index is -2.61. The summed E-state index contributed by atoms with van der Waals surface area (Å²) in [5.41, 5.74) is -0.317. The second-order valence-electron chi connectivity index (χ2n) is 3.22. The van der Waals surface area contributed by atoms with Gasteiger partial charge in [-0.1, -0.05) is 0 Å². The van der Waals surface area contributed by atoms with Crippen LogP contribution in [0.2, 0.25) is 0 Å². The monoisotopic (exact) mass is 186 g/mol. The molecule has 0 bridgehead atoms. The summed E-state index contributed by atoms with van der Waals surface area (Å²) in [6.45, 7) is 0. The summed E-state index contributed by atoms with van der Waals surface area (Å²) in [5.74, 6) is -2.61. The molecule has 1 heterocycles. The molecule has 0 aromatic carbocycles. The quantitative estimate of drug-likeness (QED) is 0.660. The molecular formula is C8H8F2N2O. The van der Waals surface area contributed by atoms with Gasteiger partial charge in [-0.2, -0.15) is 5.10 Å². The van der Waals surface area contributed by atoms with Crippen molar-refractivity contribution in [3.63, 3.8) is 0 Å². The Balaban J connectivity index is 2.21. The number of nitrogens with zero attached hydrogens (tertiary/aromatic N) is 2. The van der Waals surface area contributed by atoms with Crippen molar-refractivity contribution in [2.75, 3.05) is 0 Å². The average molecular weight is 186 g/mol. The molecule has 1 aliphatic carbocycles. The Morgan fingerprint density at radius 3 is 2.77 bits per heavy atom. The van der Waals surface area contributed by atoms with E-state index < -0.39 is 12.0 Å². The van der Waals surface area contributed by atoms with E-state index in [1.54, 1.807) is 0 Å². The van der Waals surface area contributed by atoms with Gasteiger partial charge < -0.3 is 0 Å². The van der Waals surface area contributed by atoms with Gasteiger partial charge in [-0.25, -0.2) is 13.5 Å². The number of alkyl halides is 2. The molecule has 0 amide bonds. The highest BCUT2D eigenvalue weighted by Gasteiger charge is 2.47. The maximum absolute atomic E-state index is 12.5. The third-order valence-electron chi connectivity index (χ3n) is 2.16. The van der Waals surface area contributed by atoms with Crippen LogP contribution in [0.15, 0.2) is 23.1 Å². The normalized spacial score (nSPS) is 21.1. The van der Waals surface area contributed by atoms with E-state index in [0.29, 0.717) is 0 Å². The number of hydrogen-bond acceptors (Lipinski definition) is 2. The highest BCUT2D eigenvalue weighted by atomic mass is 19.3. The molecule has 0 unspecified atom stereocenters. The molecule has 1 aliphatic rings. The van der Waals surface area contributed by atoms with Gasteiger partial charge in [0.1, 0.15) is 0 Å². The van der Waals surface area contributed by atoms with Gasteiger partial charge in [-0.05, 0) is 6.07 Å². The van der Waals surface area contributed by atoms with Gasteiger partial charge in [0.15, 0.2) is 0 Å². The Morgan fingerprint density at radius 2 is 2.23 bits per heavy atom. The third kappa shape index (κ3) is 1.46. The second kappa shape index (κ2) is 2.61. The van der Waals surface area contributed by atoms with Crippen LogP contribution in [-0.4, -0.2) is 15.7 Å². The van der Waals surface area contributed by atoms with Crippen molar-refractivity contribution in [2.45, 2.75) is 24.8 Å². The molecule has 5 heteroatoms. The molecule has 0 N–H and O–H groups in total. The van der Waals surface area contributed by atoms with Gasteiger partial charge >= 0.3 is 0 Å². The molecule has 0 saturated heterocycles. The van der Waals surface area contributed by atoms with Crippen molar-refractivity contribution in [3.8, 4) is 0 Å². The van der Waals surface area contributed by atoms with E-state index in [-0.39, 0.29) is 18.4 Å². The number of hydrogen-bond donors (Lipinski definition) is 0. The van der Waals surface area contributed by atoms with Crippen LogP contribution in [0.1, 0.15) is 18.9 Å². The number of aromatic nitrogens is 2. The third-order valence-corrected chi connectivity index (χ3v) is 2.16. The van der Waals surface area contributed by atoms with E-state index in [1.807, 2.05) is 0 Å². The zero-order valence-electron chi connectivity index (χ0n) is 6.78. The van der Waals surface area contributed by atoms with Gasteiger partial charge in [0, 0.05) is 25.1 Å². The summed E-state index contributed by atoms with van der Waals surface area (Å²) in [4.78, 5) is 11.1. The van der Waals surface area contributed by atoms with Gasteiger partial charge in [0.25, 0.3) is 11.5 Å². The SMILES string of the molecule is O=c1cccnn1C1CC(F)(F)C1. The highest BCUT2D eigenvalue weighted by Crippen LogP contribution is 2.44. The summed E-state index contributed by atoms with van der Waals surface area (Å²) in [6.07, 6.45) is 0.881. The topological polar surface area (TPSA) is 34.9 Å². The largest absolute Gasteiger partial charge is 0.268 e. The molecule has 13 heavy (non-hydrogen) atoms. The number of rotatable bonds is 1. The Kier molecular flexibility index (Phi) is 1.68. The Labute approximate surface area is 73.0 Å². The van der Waals surface area contributed by atoms with E-state index in [2.05, 4.69) is 5.10 Å². The van der Waals surface area contributed by atoms with E-state index >= 15 is 0 Å². The van der Waals surface area contributed by atoms with Crippen LogP contribution >= 0.6 is 0 Å². The summed E-state index contributed by atoms with van der Waals surface area (Å²) in [7, 11) is 0. The Hall–Kier alpha value is -1.26. The van der Waals surface area contributed by atoms with E-state index in [0.717, 1.165) is 4.68 Å². The maximum Gasteiger partial charge on any atom is 0.266 e. The Morgan fingerprint density at radius 1 is 1.54 bits per heavy atom. The van der Waals surface area contributed by atoms with E-state index in [1.165, 1.54) is 18.3 Å². The molecule has 70 valence electrons. The lowest BCUT2D eigenvalue weighted by Gasteiger charge is -2.34. The van der Waals surface area contributed by atoms with Crippen LogP contribution in [0.4, 0.5) is 8.78 Å². The minimum Gasteiger partial charge on any atom is -0.268 e. The fourth-order valence-electron chi connectivity index (χ4n) is 1.45. The predicted octanol–water partition coefficient (Wildman–Crippen LogP) is 1.21. The predicted molar refractivity (Wildman–Crippen MR) is 41.7 cm³/mol. The van der Waals surface area contributed by atoms with Crippen LogP contribution in [0.5, 0.6) is 0 Å². The number of halogens is 2. The van der Waals surface area contributed by atoms with E-state index in [9.17, 15) is 13.6 Å². The first kappa shape index (κ1) is 8.34. The highest BCUT2D eigenvalue weighted by molar-refractivity contribution is 4.94. The molecule has 0 radical (unpaired) electrons. The van der Waals surface area contributed by atoms with Gasteiger partial charge in [-0.15, -0.1) is 0 Å². The lowest BCUT2D eigenvalue weighted by Crippen LogP contribution is -2.41. The fraction of sp³-hybridized carbons (Fsp3) is 0.500. The molecule has 0 spiro atoms. The first-order chi connectivity index (χ1) is 6.08. The van der Waals surface area contributed by atoms with Crippen molar-refractivity contribution >= 4 is 0 Å². The van der Waals surface area contributed by atoms with Crippen LogP contribution < -0.4 is 5.56 Å². The van der Waals surface area contributed by atoms with Crippen LogP contribution in [0.25, 0.3) is 0 Å². The summed E-state index contributed by atoms with van der Waals surface area (Å²) >= 11 is 0. The standard InChI is InChI=1S/C8H8F2N2O/c9-8(10)4-6(5-8)12-7(13)2-1-3-11-12/h1-3,6H,4-5H2. The maximum atomic E-state index is 12.5. The lowest BCUT2D eigenvalue weighted by atomic mass is 9.88. The van der Waals surface area contributed by atoms with E-state index in [4.69, 9.17) is 0 Å². The summed E-state index contributed by atoms with van der Waals surface area (Å²) in [6, 6.07) is 2.39. The molecule has 0 aliphatic heterocycles. The van der Waals surface area contributed by atoms with Gasteiger partial charge in [0.05, 0.1) is 6.04 Å². The van der Waals surface area contributed by atoms with Crippen LogP contribution in [-0.2, 0) is 0 Å². The summed E-state index contributed by atoms with van der Waals surface area (Å²) in [5, 5.41) is 3.74. The zero-order chi connectivity index (χ0) is 9.47. The van der Waals surface area contributed by atoms with Crippen molar-refractivity contribution in [2.24, 2.45) is 0 Å². The van der Waals surface area contributed by atoms with Gasteiger partial charge in [-0.3, -0.25) is 4.79 Å².